The predicted molar refractivity (Wildman–Crippen MR) is 86.2 cm³/mol. The maximum absolute atomic E-state index is 12.7. The van der Waals surface area contributed by atoms with Crippen LogP contribution in [0.5, 0.6) is 0 Å². The lowest BCUT2D eigenvalue weighted by atomic mass is 10.3. The minimum absolute atomic E-state index is 0.162. The summed E-state index contributed by atoms with van der Waals surface area (Å²) in [7, 11) is 0. The highest BCUT2D eigenvalue weighted by atomic mass is 32.1. The normalized spacial score (nSPS) is 20.5. The Balaban J connectivity index is 1.55. The highest BCUT2D eigenvalue weighted by Gasteiger charge is 2.34. The molecule has 2 aliphatic heterocycles. The number of hydrogen-bond acceptors (Lipinski definition) is 5. The van der Waals surface area contributed by atoms with Crippen LogP contribution in [0.4, 0.5) is 18.3 Å². The number of nitrogens with zero attached hydrogens (tertiary/aromatic N) is 4. The molecule has 24 heavy (non-hydrogen) atoms. The van der Waals surface area contributed by atoms with Crippen molar-refractivity contribution in [3.8, 4) is 0 Å². The minimum Gasteiger partial charge on any atom is -0.347 e. The van der Waals surface area contributed by atoms with Gasteiger partial charge in [-0.15, -0.1) is 0 Å². The monoisotopic (exact) mass is 362 g/mol. The molecular formula is C15H21F3N4OS. The van der Waals surface area contributed by atoms with Crippen LogP contribution in [0, 0.1) is 0 Å². The molecule has 0 bridgehead atoms. The van der Waals surface area contributed by atoms with Gasteiger partial charge in [0.25, 0.3) is 0 Å². The Morgan fingerprint density at radius 1 is 1.08 bits per heavy atom. The van der Waals surface area contributed by atoms with E-state index in [0.717, 1.165) is 45.1 Å². The summed E-state index contributed by atoms with van der Waals surface area (Å²) in [5.74, 6) is 0.162. The first-order valence-corrected chi connectivity index (χ1v) is 9.03. The third-order valence-electron chi connectivity index (χ3n) is 4.45. The first-order valence-electron chi connectivity index (χ1n) is 8.21. The molecule has 5 nitrogen and oxygen atoms in total. The van der Waals surface area contributed by atoms with Gasteiger partial charge in [-0.05, 0) is 19.3 Å². The third kappa shape index (κ3) is 4.18. The SMILES string of the molecule is O=C(CN1CCCN(c2ncc(C(F)(F)F)s2)CC1)N1CCCC1. The van der Waals surface area contributed by atoms with E-state index < -0.39 is 11.1 Å². The molecule has 3 heterocycles. The van der Waals surface area contributed by atoms with E-state index in [2.05, 4.69) is 9.88 Å². The molecule has 0 unspecified atom stereocenters. The van der Waals surface area contributed by atoms with Gasteiger partial charge in [-0.2, -0.15) is 13.2 Å². The average Bonchev–Trinajstić information content (AvgIpc) is 3.17. The van der Waals surface area contributed by atoms with Crippen LogP contribution in [-0.2, 0) is 11.0 Å². The van der Waals surface area contributed by atoms with Crippen LogP contribution < -0.4 is 4.90 Å². The van der Waals surface area contributed by atoms with Crippen molar-refractivity contribution >= 4 is 22.4 Å². The van der Waals surface area contributed by atoms with E-state index in [1.807, 2.05) is 9.80 Å². The number of likely N-dealkylation sites (tertiary alicyclic amines) is 1. The molecule has 0 aromatic carbocycles. The Morgan fingerprint density at radius 3 is 2.50 bits per heavy atom. The summed E-state index contributed by atoms with van der Waals surface area (Å²) in [5, 5.41) is 0.412. The molecule has 0 radical (unpaired) electrons. The van der Waals surface area contributed by atoms with Gasteiger partial charge in [-0.3, -0.25) is 9.69 Å². The number of alkyl halides is 3. The Kier molecular flexibility index (Phi) is 5.29. The van der Waals surface area contributed by atoms with Gasteiger partial charge < -0.3 is 9.80 Å². The van der Waals surface area contributed by atoms with Crippen LogP contribution in [0.3, 0.4) is 0 Å². The average molecular weight is 362 g/mol. The number of thiazole rings is 1. The largest absolute Gasteiger partial charge is 0.427 e. The van der Waals surface area contributed by atoms with Crippen molar-refractivity contribution in [2.75, 3.05) is 50.7 Å². The van der Waals surface area contributed by atoms with Crippen molar-refractivity contribution in [2.45, 2.75) is 25.4 Å². The van der Waals surface area contributed by atoms with E-state index in [0.29, 0.717) is 42.6 Å². The van der Waals surface area contributed by atoms with E-state index in [-0.39, 0.29) is 5.91 Å². The molecule has 2 fully saturated rings. The summed E-state index contributed by atoms with van der Waals surface area (Å²) in [6.45, 7) is 4.81. The van der Waals surface area contributed by atoms with E-state index in [9.17, 15) is 18.0 Å². The number of carbonyl (C=O) groups excluding carboxylic acids is 1. The van der Waals surface area contributed by atoms with E-state index in [4.69, 9.17) is 0 Å². The molecule has 1 amide bonds. The number of amides is 1. The van der Waals surface area contributed by atoms with Crippen LogP contribution >= 0.6 is 11.3 Å². The van der Waals surface area contributed by atoms with Crippen LogP contribution in [0.2, 0.25) is 0 Å². The van der Waals surface area contributed by atoms with Crippen LogP contribution in [-0.4, -0.2) is 66.5 Å². The molecule has 3 rings (SSSR count). The van der Waals surface area contributed by atoms with Gasteiger partial charge in [0.15, 0.2) is 5.13 Å². The van der Waals surface area contributed by atoms with Crippen molar-refractivity contribution in [2.24, 2.45) is 0 Å². The Hall–Kier alpha value is -1.35. The molecule has 0 N–H and O–H groups in total. The number of rotatable bonds is 3. The molecule has 0 saturated carbocycles. The Morgan fingerprint density at radius 2 is 1.83 bits per heavy atom. The maximum Gasteiger partial charge on any atom is 0.427 e. The fraction of sp³-hybridized carbons (Fsp3) is 0.733. The van der Waals surface area contributed by atoms with Crippen molar-refractivity contribution in [3.05, 3.63) is 11.1 Å². The molecule has 9 heteroatoms. The summed E-state index contributed by atoms with van der Waals surface area (Å²) < 4.78 is 38.1. The quantitative estimate of drug-likeness (QED) is 0.827. The Labute approximate surface area is 143 Å². The summed E-state index contributed by atoms with van der Waals surface area (Å²) in [4.78, 5) is 21.4. The standard InChI is InChI=1S/C15H21F3N4OS/c16-15(17,18)12-10-19-14(24-12)22-7-3-4-20(8-9-22)11-13(23)21-5-1-2-6-21/h10H,1-9,11H2. The summed E-state index contributed by atoms with van der Waals surface area (Å²) in [6.07, 6.45) is -0.472. The van der Waals surface area contributed by atoms with Gasteiger partial charge in [0.1, 0.15) is 4.88 Å². The van der Waals surface area contributed by atoms with Gasteiger partial charge >= 0.3 is 6.18 Å². The van der Waals surface area contributed by atoms with Crippen molar-refractivity contribution < 1.29 is 18.0 Å². The maximum atomic E-state index is 12.7. The molecule has 0 atom stereocenters. The lowest BCUT2D eigenvalue weighted by molar-refractivity contribution is -0.134. The molecule has 2 aliphatic rings. The second-order valence-electron chi connectivity index (χ2n) is 6.21. The van der Waals surface area contributed by atoms with E-state index in [1.165, 1.54) is 0 Å². The van der Waals surface area contributed by atoms with Crippen molar-refractivity contribution in [1.82, 2.24) is 14.8 Å². The fourth-order valence-corrected chi connectivity index (χ4v) is 3.96. The smallest absolute Gasteiger partial charge is 0.347 e. The van der Waals surface area contributed by atoms with Gasteiger partial charge in [-0.1, -0.05) is 11.3 Å². The molecule has 1 aromatic heterocycles. The van der Waals surface area contributed by atoms with Gasteiger partial charge in [0.05, 0.1) is 12.7 Å². The van der Waals surface area contributed by atoms with Crippen molar-refractivity contribution in [1.29, 1.82) is 0 Å². The zero-order valence-electron chi connectivity index (χ0n) is 13.4. The molecule has 0 spiro atoms. The van der Waals surface area contributed by atoms with E-state index >= 15 is 0 Å². The van der Waals surface area contributed by atoms with Gasteiger partial charge in [-0.25, -0.2) is 4.98 Å². The zero-order valence-corrected chi connectivity index (χ0v) is 14.2. The molecular weight excluding hydrogens is 341 g/mol. The number of hydrogen-bond donors (Lipinski definition) is 0. The number of carbonyl (C=O) groups is 1. The van der Waals surface area contributed by atoms with Crippen LogP contribution in [0.15, 0.2) is 6.20 Å². The van der Waals surface area contributed by atoms with E-state index in [1.54, 1.807) is 0 Å². The minimum atomic E-state index is -4.34. The second kappa shape index (κ2) is 7.26. The molecule has 2 saturated heterocycles. The number of anilines is 1. The summed E-state index contributed by atoms with van der Waals surface area (Å²) in [6, 6.07) is 0. The van der Waals surface area contributed by atoms with Gasteiger partial charge in [0, 0.05) is 39.3 Å². The molecule has 0 aliphatic carbocycles. The first-order chi connectivity index (χ1) is 11.4. The first kappa shape index (κ1) is 17.5. The molecule has 1 aromatic rings. The number of aromatic nitrogens is 1. The Bertz CT molecular complexity index is 571. The summed E-state index contributed by atoms with van der Waals surface area (Å²) in [5.41, 5.74) is 0. The lowest BCUT2D eigenvalue weighted by Gasteiger charge is -2.23. The highest BCUT2D eigenvalue weighted by Crippen LogP contribution is 2.36. The van der Waals surface area contributed by atoms with Crippen molar-refractivity contribution in [3.63, 3.8) is 0 Å². The zero-order chi connectivity index (χ0) is 17.2. The highest BCUT2D eigenvalue weighted by molar-refractivity contribution is 7.15. The number of halogens is 3. The van der Waals surface area contributed by atoms with Crippen LogP contribution in [0.1, 0.15) is 24.1 Å². The van der Waals surface area contributed by atoms with Crippen LogP contribution in [0.25, 0.3) is 0 Å². The molecule has 134 valence electrons. The fourth-order valence-electron chi connectivity index (χ4n) is 3.12. The predicted octanol–water partition coefficient (Wildman–Crippen LogP) is 2.30. The van der Waals surface area contributed by atoms with Gasteiger partial charge in [0.2, 0.25) is 5.91 Å². The lowest BCUT2D eigenvalue weighted by Crippen LogP contribution is -2.40. The summed E-state index contributed by atoms with van der Waals surface area (Å²) >= 11 is 0.687. The topological polar surface area (TPSA) is 39.7 Å². The second-order valence-corrected chi connectivity index (χ2v) is 7.22. The third-order valence-corrected chi connectivity index (χ3v) is 5.55.